The smallest absolute Gasteiger partial charge is 0.128 e. The molecule has 1 heterocycles. The van der Waals surface area contributed by atoms with E-state index in [1.54, 1.807) is 17.4 Å². The molecular weight excluding hydrogens is 436 g/mol. The average molecular weight is 461 g/mol. The lowest BCUT2D eigenvalue weighted by molar-refractivity contribution is 0.477. The second-order valence-corrected chi connectivity index (χ2v) is 9.43. The maximum atomic E-state index is 10.4. The zero-order valence-electron chi connectivity index (χ0n) is 19.0. The Morgan fingerprint density at radius 2 is 1.53 bits per heavy atom. The summed E-state index contributed by atoms with van der Waals surface area (Å²) >= 11 is 1.63. The summed E-state index contributed by atoms with van der Waals surface area (Å²) in [6.45, 7) is 2.21. The van der Waals surface area contributed by atoms with Gasteiger partial charge >= 0.3 is 0 Å². The zero-order chi connectivity index (χ0) is 23.5. The van der Waals surface area contributed by atoms with Crippen LogP contribution in [-0.2, 0) is 6.42 Å². The third-order valence-corrected chi connectivity index (χ3v) is 7.09. The van der Waals surface area contributed by atoms with Gasteiger partial charge in [0.05, 0.1) is 27.4 Å². The van der Waals surface area contributed by atoms with Crippen molar-refractivity contribution in [2.75, 3.05) is 0 Å². The van der Waals surface area contributed by atoms with Crippen molar-refractivity contribution >= 4 is 21.6 Å². The van der Waals surface area contributed by atoms with E-state index in [4.69, 9.17) is 10.2 Å². The number of phenols is 1. The summed E-state index contributed by atoms with van der Waals surface area (Å²) in [5.74, 6) is 0.251. The first kappa shape index (κ1) is 21.9. The van der Waals surface area contributed by atoms with Crippen LogP contribution >= 0.6 is 11.3 Å². The number of thiazole rings is 1. The lowest BCUT2D eigenvalue weighted by Crippen LogP contribution is -1.89. The Bertz CT molecular complexity index is 1490. The lowest BCUT2D eigenvalue weighted by Gasteiger charge is -2.09. The maximum Gasteiger partial charge on any atom is 0.128 e. The van der Waals surface area contributed by atoms with Gasteiger partial charge in [-0.1, -0.05) is 61.9 Å². The van der Waals surface area contributed by atoms with Crippen molar-refractivity contribution in [2.45, 2.75) is 26.2 Å². The predicted octanol–water partition coefficient (Wildman–Crippen LogP) is 8.22. The quantitative estimate of drug-likeness (QED) is 0.278. The Balaban J connectivity index is 1.59. The van der Waals surface area contributed by atoms with Gasteiger partial charge in [0, 0.05) is 5.56 Å². The molecule has 0 aliphatic carbocycles. The molecule has 0 atom stereocenters. The minimum Gasteiger partial charge on any atom is -0.507 e. The van der Waals surface area contributed by atoms with Crippen molar-refractivity contribution in [1.29, 1.82) is 5.26 Å². The molecule has 5 aromatic rings. The van der Waals surface area contributed by atoms with E-state index in [1.807, 2.05) is 42.5 Å². The number of aromatic nitrogens is 1. The van der Waals surface area contributed by atoms with E-state index in [0.717, 1.165) is 62.3 Å². The Kier molecular flexibility index (Phi) is 6.12. The average Bonchev–Trinajstić information content (AvgIpc) is 3.31. The van der Waals surface area contributed by atoms with E-state index < -0.39 is 0 Å². The molecule has 0 amide bonds. The number of nitriles is 1. The predicted molar refractivity (Wildman–Crippen MR) is 141 cm³/mol. The van der Waals surface area contributed by atoms with Gasteiger partial charge in [-0.3, -0.25) is 0 Å². The first-order valence-corrected chi connectivity index (χ1v) is 12.3. The summed E-state index contributed by atoms with van der Waals surface area (Å²) in [7, 11) is 0. The highest BCUT2D eigenvalue weighted by molar-refractivity contribution is 7.21. The van der Waals surface area contributed by atoms with Gasteiger partial charge in [0.25, 0.3) is 0 Å². The molecule has 5 rings (SSSR count). The number of nitrogens with zero attached hydrogens (tertiary/aromatic N) is 2. The number of fused-ring (bicyclic) bond motifs is 1. The summed E-state index contributed by atoms with van der Waals surface area (Å²) in [5, 5.41) is 20.2. The highest BCUT2D eigenvalue weighted by Crippen LogP contribution is 2.40. The fourth-order valence-corrected chi connectivity index (χ4v) is 5.27. The number of aromatic hydroxyl groups is 1. The first-order chi connectivity index (χ1) is 16.7. The van der Waals surface area contributed by atoms with Gasteiger partial charge in [0.1, 0.15) is 10.8 Å². The van der Waals surface area contributed by atoms with E-state index in [2.05, 4.69) is 49.4 Å². The van der Waals surface area contributed by atoms with E-state index in [1.165, 1.54) is 5.56 Å². The van der Waals surface area contributed by atoms with Crippen molar-refractivity contribution < 1.29 is 5.11 Å². The van der Waals surface area contributed by atoms with Crippen LogP contribution in [-0.4, -0.2) is 10.1 Å². The van der Waals surface area contributed by atoms with Gasteiger partial charge in [-0.25, -0.2) is 4.98 Å². The number of benzene rings is 4. The molecule has 0 saturated carbocycles. The molecule has 0 saturated heterocycles. The molecule has 0 bridgehead atoms. The highest BCUT2D eigenvalue weighted by atomic mass is 32.1. The standard InChI is InChI=1S/C30H24N2OS/c1-2-3-6-21-17-26(24-15-13-23(14-16-24)22-11-9-20(19-31)10-12-22)29-28(18-21)34-30(32-29)25-7-4-5-8-27(25)33/h4-5,7-18,33H,2-3,6H2,1H3. The monoisotopic (exact) mass is 460 g/mol. The maximum absolute atomic E-state index is 10.4. The van der Waals surface area contributed by atoms with Gasteiger partial charge in [-0.15, -0.1) is 11.3 Å². The second kappa shape index (κ2) is 9.51. The summed E-state index contributed by atoms with van der Waals surface area (Å²) in [5.41, 5.74) is 8.14. The minimum atomic E-state index is 0.251. The number of para-hydroxylation sites is 1. The van der Waals surface area contributed by atoms with Crippen LogP contribution < -0.4 is 0 Å². The molecule has 166 valence electrons. The largest absolute Gasteiger partial charge is 0.507 e. The molecular formula is C30H24N2OS. The number of hydrogen-bond acceptors (Lipinski definition) is 4. The van der Waals surface area contributed by atoms with Gasteiger partial charge in [0.15, 0.2) is 0 Å². The van der Waals surface area contributed by atoms with Crippen LogP contribution in [0.2, 0.25) is 0 Å². The van der Waals surface area contributed by atoms with Crippen LogP contribution in [0, 0.1) is 11.3 Å². The minimum absolute atomic E-state index is 0.251. The second-order valence-electron chi connectivity index (χ2n) is 8.40. The van der Waals surface area contributed by atoms with Crippen LogP contribution in [0.4, 0.5) is 0 Å². The third kappa shape index (κ3) is 4.31. The van der Waals surface area contributed by atoms with Gasteiger partial charge in [-0.05, 0) is 71.5 Å². The number of aryl methyl sites for hydroxylation is 1. The molecule has 1 N–H and O–H groups in total. The topological polar surface area (TPSA) is 56.9 Å². The van der Waals surface area contributed by atoms with Crippen LogP contribution in [0.5, 0.6) is 5.75 Å². The Morgan fingerprint density at radius 1 is 0.853 bits per heavy atom. The first-order valence-electron chi connectivity index (χ1n) is 11.5. The van der Waals surface area contributed by atoms with Crippen molar-refractivity contribution in [1.82, 2.24) is 4.98 Å². The van der Waals surface area contributed by atoms with Crippen molar-refractivity contribution in [3.05, 3.63) is 96.1 Å². The third-order valence-electron chi connectivity index (χ3n) is 6.05. The van der Waals surface area contributed by atoms with Crippen LogP contribution in [0.1, 0.15) is 30.9 Å². The summed E-state index contributed by atoms with van der Waals surface area (Å²) < 4.78 is 1.14. The van der Waals surface area contributed by atoms with E-state index in [9.17, 15) is 5.11 Å². The summed E-state index contributed by atoms with van der Waals surface area (Å²) in [6, 6.07) is 30.3. The molecule has 0 fully saturated rings. The van der Waals surface area contributed by atoms with Crippen LogP contribution in [0.15, 0.2) is 84.9 Å². The lowest BCUT2D eigenvalue weighted by atomic mass is 9.97. The Hall–Kier alpha value is -3.94. The molecule has 0 spiro atoms. The SMILES string of the molecule is CCCCc1cc(-c2ccc(-c3ccc(C#N)cc3)cc2)c2nc(-c3ccccc3O)sc2c1. The van der Waals surface area contributed by atoms with E-state index >= 15 is 0 Å². The van der Waals surface area contributed by atoms with Crippen LogP contribution in [0.3, 0.4) is 0 Å². The molecule has 4 heteroatoms. The van der Waals surface area contributed by atoms with Gasteiger partial charge in [0.2, 0.25) is 0 Å². The Labute approximate surface area is 203 Å². The molecule has 4 aromatic carbocycles. The molecule has 0 aliphatic heterocycles. The summed E-state index contributed by atoms with van der Waals surface area (Å²) in [6.07, 6.45) is 3.33. The number of unbranched alkanes of at least 4 members (excludes halogenated alkanes) is 1. The zero-order valence-corrected chi connectivity index (χ0v) is 19.8. The molecule has 1 aromatic heterocycles. The van der Waals surface area contributed by atoms with E-state index in [-0.39, 0.29) is 5.75 Å². The van der Waals surface area contributed by atoms with Crippen molar-refractivity contribution in [2.24, 2.45) is 0 Å². The normalized spacial score (nSPS) is 10.9. The fourth-order valence-electron chi connectivity index (χ4n) is 4.18. The molecule has 34 heavy (non-hydrogen) atoms. The number of phenolic OH excluding ortho intramolecular Hbond substituents is 1. The molecule has 0 aliphatic rings. The fraction of sp³-hybridized carbons (Fsp3) is 0.133. The Morgan fingerprint density at radius 3 is 2.21 bits per heavy atom. The molecule has 0 unspecified atom stereocenters. The highest BCUT2D eigenvalue weighted by Gasteiger charge is 2.15. The molecule has 3 nitrogen and oxygen atoms in total. The van der Waals surface area contributed by atoms with Crippen LogP contribution in [0.25, 0.3) is 43.0 Å². The van der Waals surface area contributed by atoms with Crippen molar-refractivity contribution in [3.63, 3.8) is 0 Å². The number of hydrogen-bond donors (Lipinski definition) is 1. The number of rotatable bonds is 6. The van der Waals surface area contributed by atoms with Crippen molar-refractivity contribution in [3.8, 4) is 44.6 Å². The molecule has 0 radical (unpaired) electrons. The van der Waals surface area contributed by atoms with E-state index in [0.29, 0.717) is 5.56 Å². The summed E-state index contributed by atoms with van der Waals surface area (Å²) in [4.78, 5) is 4.97. The van der Waals surface area contributed by atoms with Gasteiger partial charge in [-0.2, -0.15) is 5.26 Å². The van der Waals surface area contributed by atoms with Gasteiger partial charge < -0.3 is 5.11 Å².